The normalized spacial score (nSPS) is 13.0. The lowest BCUT2D eigenvalue weighted by molar-refractivity contribution is -0.153. The van der Waals surface area contributed by atoms with E-state index in [9.17, 15) is 9.59 Å². The molecule has 1 atom stereocenters. The summed E-state index contributed by atoms with van der Waals surface area (Å²) in [4.78, 5) is 23.4. The largest absolute Gasteiger partial charge is 0.478 e. The number of ether oxygens (including phenoxy) is 1. The van der Waals surface area contributed by atoms with Gasteiger partial charge in [-0.2, -0.15) is 0 Å². The van der Waals surface area contributed by atoms with E-state index in [1.807, 2.05) is 25.7 Å². The van der Waals surface area contributed by atoms with Gasteiger partial charge in [0.2, 0.25) is 0 Å². The van der Waals surface area contributed by atoms with Crippen molar-refractivity contribution in [1.82, 2.24) is 4.90 Å². The van der Waals surface area contributed by atoms with Crippen LogP contribution in [0.15, 0.2) is 12.2 Å². The third kappa shape index (κ3) is 5.50. The molecule has 0 saturated heterocycles. The Hall–Kier alpha value is -1.36. The van der Waals surface area contributed by atoms with Crippen molar-refractivity contribution in [2.24, 2.45) is 0 Å². The van der Waals surface area contributed by atoms with Gasteiger partial charge in [-0.3, -0.25) is 4.90 Å². The first-order valence-corrected chi connectivity index (χ1v) is 5.40. The number of esters is 1. The molecule has 1 N–H and O–H groups in total. The van der Waals surface area contributed by atoms with Gasteiger partial charge in [-0.25, -0.2) is 9.59 Å². The number of carboxylic acids is 1. The lowest BCUT2D eigenvalue weighted by atomic mass is 10.3. The molecule has 5 heteroatoms. The van der Waals surface area contributed by atoms with E-state index >= 15 is 0 Å². The third-order valence-corrected chi connectivity index (χ3v) is 2.18. The average Bonchev–Trinajstić information content (AvgIpc) is 2.26. The molecule has 0 spiro atoms. The van der Waals surface area contributed by atoms with Gasteiger partial charge in [0, 0.05) is 12.2 Å². The lowest BCUT2D eigenvalue weighted by Gasteiger charge is -2.27. The van der Waals surface area contributed by atoms with Crippen molar-refractivity contribution in [2.75, 3.05) is 13.1 Å². The number of hydrogen-bond acceptors (Lipinski definition) is 4. The highest BCUT2D eigenvalue weighted by Gasteiger charge is 2.16. The van der Waals surface area contributed by atoms with E-state index in [0.717, 1.165) is 25.2 Å². The van der Waals surface area contributed by atoms with Crippen molar-refractivity contribution in [3.8, 4) is 0 Å². The van der Waals surface area contributed by atoms with Gasteiger partial charge < -0.3 is 9.84 Å². The summed E-state index contributed by atoms with van der Waals surface area (Å²) in [6, 6.07) is 0. The van der Waals surface area contributed by atoms with Gasteiger partial charge in [-0.05, 0) is 19.5 Å². The second-order valence-corrected chi connectivity index (χ2v) is 3.19. The minimum absolute atomic E-state index is 0.291. The summed E-state index contributed by atoms with van der Waals surface area (Å²) in [5, 5.41) is 8.35. The van der Waals surface area contributed by atoms with Crippen molar-refractivity contribution < 1.29 is 19.4 Å². The molecule has 0 aromatic heterocycles. The Bertz CT molecular complexity index is 259. The second-order valence-electron chi connectivity index (χ2n) is 3.19. The van der Waals surface area contributed by atoms with Gasteiger partial charge in [0.1, 0.15) is 0 Å². The highest BCUT2D eigenvalue weighted by atomic mass is 16.6. The van der Waals surface area contributed by atoms with Gasteiger partial charge >= 0.3 is 11.9 Å². The molecular formula is C11H19NO4. The smallest absolute Gasteiger partial charge is 0.332 e. The van der Waals surface area contributed by atoms with Crippen LogP contribution in [0.5, 0.6) is 0 Å². The van der Waals surface area contributed by atoms with E-state index in [1.165, 1.54) is 0 Å². The summed E-state index contributed by atoms with van der Waals surface area (Å²) < 4.78 is 5.13. The number of carbonyl (C=O) groups excluding carboxylic acids is 1. The van der Waals surface area contributed by atoms with E-state index in [1.54, 1.807) is 0 Å². The molecule has 0 bridgehead atoms. The van der Waals surface area contributed by atoms with E-state index < -0.39 is 11.9 Å². The molecule has 0 heterocycles. The Morgan fingerprint density at radius 3 is 2.19 bits per heavy atom. The Morgan fingerprint density at radius 1 is 1.25 bits per heavy atom. The van der Waals surface area contributed by atoms with Crippen LogP contribution in [0.4, 0.5) is 0 Å². The predicted molar refractivity (Wildman–Crippen MR) is 59.9 cm³/mol. The van der Waals surface area contributed by atoms with Crippen molar-refractivity contribution in [2.45, 2.75) is 33.4 Å². The van der Waals surface area contributed by atoms with Crippen LogP contribution in [0.25, 0.3) is 0 Å². The number of carbonyl (C=O) groups is 2. The standard InChI is InChI=1S/C11H19NO4/c1-4-9(12(5-2)6-3)16-11(15)8-7-10(13)14/h7-9H,4-6H2,1-3H3,(H,13,14)/b8-7+. The number of nitrogens with zero attached hydrogens (tertiary/aromatic N) is 1. The molecular weight excluding hydrogens is 210 g/mol. The molecule has 0 aliphatic heterocycles. The Morgan fingerprint density at radius 2 is 1.81 bits per heavy atom. The first kappa shape index (κ1) is 14.6. The van der Waals surface area contributed by atoms with Crippen LogP contribution in [-0.4, -0.2) is 41.3 Å². The summed E-state index contributed by atoms with van der Waals surface area (Å²) in [7, 11) is 0. The summed E-state index contributed by atoms with van der Waals surface area (Å²) in [5.41, 5.74) is 0. The van der Waals surface area contributed by atoms with Crippen LogP contribution in [0.1, 0.15) is 27.2 Å². The van der Waals surface area contributed by atoms with Gasteiger partial charge in [-0.1, -0.05) is 20.8 Å². The molecule has 5 nitrogen and oxygen atoms in total. The van der Waals surface area contributed by atoms with E-state index in [0.29, 0.717) is 6.42 Å². The van der Waals surface area contributed by atoms with Crippen LogP contribution in [0.2, 0.25) is 0 Å². The summed E-state index contributed by atoms with van der Waals surface area (Å²) in [6.07, 6.45) is 2.08. The molecule has 0 rings (SSSR count). The molecule has 0 radical (unpaired) electrons. The van der Waals surface area contributed by atoms with Crippen LogP contribution < -0.4 is 0 Å². The molecule has 0 aromatic carbocycles. The number of rotatable bonds is 7. The Labute approximate surface area is 95.7 Å². The first-order valence-electron chi connectivity index (χ1n) is 5.40. The quantitative estimate of drug-likeness (QED) is 0.404. The van der Waals surface area contributed by atoms with Crippen LogP contribution in [0, 0.1) is 0 Å². The fraction of sp³-hybridized carbons (Fsp3) is 0.636. The lowest BCUT2D eigenvalue weighted by Crippen LogP contribution is -2.37. The van der Waals surface area contributed by atoms with Gasteiger partial charge in [0.15, 0.2) is 6.23 Å². The molecule has 0 amide bonds. The first-order chi connectivity index (χ1) is 7.54. The SMILES string of the molecule is CCC(OC(=O)/C=C/C(=O)O)N(CC)CC. The fourth-order valence-corrected chi connectivity index (χ4v) is 1.36. The topological polar surface area (TPSA) is 66.8 Å². The summed E-state index contributed by atoms with van der Waals surface area (Å²) in [6.45, 7) is 7.44. The molecule has 16 heavy (non-hydrogen) atoms. The maximum absolute atomic E-state index is 11.3. The van der Waals surface area contributed by atoms with Crippen molar-refractivity contribution >= 4 is 11.9 Å². The third-order valence-electron chi connectivity index (χ3n) is 2.18. The van der Waals surface area contributed by atoms with E-state index in [4.69, 9.17) is 9.84 Å². The number of carboxylic acid groups (broad SMARTS) is 1. The molecule has 92 valence electrons. The zero-order valence-corrected chi connectivity index (χ0v) is 9.97. The van der Waals surface area contributed by atoms with Crippen molar-refractivity contribution in [3.05, 3.63) is 12.2 Å². The van der Waals surface area contributed by atoms with Crippen molar-refractivity contribution in [1.29, 1.82) is 0 Å². The van der Waals surface area contributed by atoms with Crippen molar-refractivity contribution in [3.63, 3.8) is 0 Å². The monoisotopic (exact) mass is 229 g/mol. The van der Waals surface area contributed by atoms with Gasteiger partial charge in [0.25, 0.3) is 0 Å². The maximum atomic E-state index is 11.3. The fourth-order valence-electron chi connectivity index (χ4n) is 1.36. The Balaban J connectivity index is 4.31. The van der Waals surface area contributed by atoms with E-state index in [2.05, 4.69) is 0 Å². The number of hydrogen-bond donors (Lipinski definition) is 1. The Kier molecular flexibility index (Phi) is 7.20. The van der Waals surface area contributed by atoms with Gasteiger partial charge in [0.05, 0.1) is 0 Å². The van der Waals surface area contributed by atoms with Gasteiger partial charge in [-0.15, -0.1) is 0 Å². The minimum atomic E-state index is -1.16. The average molecular weight is 229 g/mol. The van der Waals surface area contributed by atoms with Crippen LogP contribution in [0.3, 0.4) is 0 Å². The van der Waals surface area contributed by atoms with E-state index in [-0.39, 0.29) is 6.23 Å². The molecule has 0 fully saturated rings. The van der Waals surface area contributed by atoms with Crippen LogP contribution in [-0.2, 0) is 14.3 Å². The predicted octanol–water partition coefficient (Wildman–Crippen LogP) is 1.25. The molecule has 0 aliphatic carbocycles. The maximum Gasteiger partial charge on any atom is 0.332 e. The summed E-state index contributed by atoms with van der Waals surface area (Å²) >= 11 is 0. The molecule has 0 saturated carbocycles. The summed E-state index contributed by atoms with van der Waals surface area (Å²) in [5.74, 6) is -1.78. The zero-order chi connectivity index (χ0) is 12.6. The number of aliphatic carboxylic acids is 1. The minimum Gasteiger partial charge on any atom is -0.478 e. The highest BCUT2D eigenvalue weighted by molar-refractivity contribution is 5.90. The molecule has 1 unspecified atom stereocenters. The van der Waals surface area contributed by atoms with Crippen LogP contribution >= 0.6 is 0 Å². The highest BCUT2D eigenvalue weighted by Crippen LogP contribution is 2.06. The second kappa shape index (κ2) is 7.87. The molecule has 0 aromatic rings. The zero-order valence-electron chi connectivity index (χ0n) is 9.97. The molecule has 0 aliphatic rings.